The molecule has 324 valence electrons. The Morgan fingerprint density at radius 3 is 2.67 bits per heavy atom. The molecule has 2 aromatic carbocycles. The minimum absolute atomic E-state index is 0.0200. The van der Waals surface area contributed by atoms with Crippen molar-refractivity contribution in [3.05, 3.63) is 66.1 Å². The van der Waals surface area contributed by atoms with E-state index in [2.05, 4.69) is 26.0 Å². The van der Waals surface area contributed by atoms with Gasteiger partial charge in [-0.05, 0) is 63.8 Å². The summed E-state index contributed by atoms with van der Waals surface area (Å²) in [6.07, 6.45) is 6.69. The smallest absolute Gasteiger partial charge is 0.266 e. The molecular weight excluding hydrogens is 821 g/mol. The number of sulfonamides is 1. The summed E-state index contributed by atoms with van der Waals surface area (Å²) in [5, 5.41) is 15.4. The molecule has 4 aromatic rings. The number of nitrogens with zero attached hydrogens (tertiary/aromatic N) is 3. The summed E-state index contributed by atoms with van der Waals surface area (Å²) in [6, 6.07) is 12.7. The molecule has 2 aliphatic heterocycles. The van der Waals surface area contributed by atoms with Crippen molar-refractivity contribution < 1.29 is 37.1 Å². The summed E-state index contributed by atoms with van der Waals surface area (Å²) in [4.78, 5) is 65.2. The minimum Gasteiger partial charge on any atom is -0.497 e. The molecule has 1 saturated carbocycles. The van der Waals surface area contributed by atoms with Crippen LogP contribution in [0.25, 0.3) is 22.3 Å². The lowest BCUT2D eigenvalue weighted by Gasteiger charge is -2.26. The first kappa shape index (κ1) is 43.3. The largest absolute Gasteiger partial charge is 0.497 e. The fourth-order valence-corrected chi connectivity index (χ4v) is 9.83. The summed E-state index contributed by atoms with van der Waals surface area (Å²) < 4.78 is 42.0. The summed E-state index contributed by atoms with van der Waals surface area (Å²) >= 11 is 1.45. The number of methoxy groups -OCH3 is 1. The van der Waals surface area contributed by atoms with E-state index in [0.29, 0.717) is 46.0 Å². The zero-order chi connectivity index (χ0) is 43.3. The lowest BCUT2D eigenvalue weighted by atomic mass is 10.1. The van der Waals surface area contributed by atoms with Gasteiger partial charge < -0.3 is 35.6 Å². The maximum atomic E-state index is 14.5. The lowest BCUT2D eigenvalue weighted by molar-refractivity contribution is -0.139. The van der Waals surface area contributed by atoms with Crippen molar-refractivity contribution in [2.45, 2.75) is 94.3 Å². The second kappa shape index (κ2) is 18.5. The van der Waals surface area contributed by atoms with Crippen molar-refractivity contribution in [2.24, 2.45) is 5.92 Å². The predicted octanol–water partition coefficient (Wildman–Crippen LogP) is 4.98. The van der Waals surface area contributed by atoms with Crippen LogP contribution in [0.4, 0.5) is 10.8 Å². The van der Waals surface area contributed by atoms with E-state index in [0.717, 1.165) is 30.8 Å². The van der Waals surface area contributed by atoms with Crippen LogP contribution in [0, 0.1) is 5.92 Å². The normalized spacial score (nSPS) is 22.9. The van der Waals surface area contributed by atoms with E-state index in [4.69, 9.17) is 19.4 Å². The summed E-state index contributed by atoms with van der Waals surface area (Å²) in [7, 11) is -2.79. The van der Waals surface area contributed by atoms with Crippen molar-refractivity contribution in [3.8, 4) is 22.9 Å². The molecule has 0 radical (unpaired) electrons. The summed E-state index contributed by atoms with van der Waals surface area (Å²) in [5.41, 5.74) is 0.560. The number of allylic oxidation sites excluding steroid dienone is 1. The van der Waals surface area contributed by atoms with Gasteiger partial charge in [0.25, 0.3) is 15.9 Å². The third kappa shape index (κ3) is 10.1. The maximum absolute atomic E-state index is 14.5. The van der Waals surface area contributed by atoms with Crippen LogP contribution in [0.2, 0.25) is 0 Å². The van der Waals surface area contributed by atoms with Crippen molar-refractivity contribution in [1.29, 1.82) is 0 Å². The van der Waals surface area contributed by atoms with Gasteiger partial charge in [0.2, 0.25) is 17.7 Å². The Labute approximate surface area is 359 Å². The van der Waals surface area contributed by atoms with Crippen LogP contribution in [-0.4, -0.2) is 97.4 Å². The number of hydrogen-bond acceptors (Lipinski definition) is 13. The van der Waals surface area contributed by atoms with Crippen molar-refractivity contribution in [3.63, 3.8) is 0 Å². The van der Waals surface area contributed by atoms with Gasteiger partial charge in [-0.25, -0.2) is 23.1 Å². The fourth-order valence-electron chi connectivity index (χ4n) is 7.76. The SMILES string of the molecule is COc1ccc2c(O[C@@H]3C[C@@H](C(=O)N[C@]45C[C@@H]4/C=C\CCCCCNc4ccccc4S(=O)(=O)NC5=O)N(C(=O)CCNC(C)=O)C3)cc(-c3csc(NC(C)C)n3)nc2c1. The number of likely N-dealkylation sites (tertiary alicyclic amines) is 1. The van der Waals surface area contributed by atoms with Gasteiger partial charge in [-0.15, -0.1) is 11.3 Å². The summed E-state index contributed by atoms with van der Waals surface area (Å²) in [5.74, 6) is -1.63. The molecule has 1 saturated heterocycles. The number of aromatic nitrogens is 2. The Balaban J connectivity index is 1.18. The van der Waals surface area contributed by atoms with Gasteiger partial charge in [0.1, 0.15) is 39.8 Å². The first-order valence-corrected chi connectivity index (χ1v) is 22.9. The molecule has 4 atom stereocenters. The van der Waals surface area contributed by atoms with Gasteiger partial charge in [-0.1, -0.05) is 30.7 Å². The lowest BCUT2D eigenvalue weighted by Crippen LogP contribution is -2.56. The van der Waals surface area contributed by atoms with E-state index in [1.165, 1.54) is 29.2 Å². The Morgan fingerprint density at radius 1 is 1.07 bits per heavy atom. The Kier molecular flexibility index (Phi) is 13.1. The van der Waals surface area contributed by atoms with Gasteiger partial charge in [0.05, 0.1) is 30.6 Å². The number of rotatable bonds is 11. The van der Waals surface area contributed by atoms with Crippen LogP contribution in [0.1, 0.15) is 65.7 Å². The molecule has 4 amide bonds. The number of amides is 4. The zero-order valence-electron chi connectivity index (χ0n) is 34.7. The number of fused-ring (bicyclic) bond motifs is 3. The van der Waals surface area contributed by atoms with E-state index in [1.54, 1.807) is 43.5 Å². The molecule has 16 nitrogen and oxygen atoms in total. The number of carbonyl (C=O) groups excluding carboxylic acids is 4. The molecule has 7 rings (SSSR count). The number of nitrogens with one attached hydrogen (secondary N) is 5. The number of benzene rings is 2. The Morgan fingerprint density at radius 2 is 1.89 bits per heavy atom. The van der Waals surface area contributed by atoms with Gasteiger partial charge in [0, 0.05) is 67.7 Å². The quantitative estimate of drug-likeness (QED) is 0.126. The average Bonchev–Trinajstić information content (AvgIpc) is 3.48. The molecule has 61 heavy (non-hydrogen) atoms. The Hall–Kier alpha value is -5.75. The van der Waals surface area contributed by atoms with E-state index < -0.39 is 51.3 Å². The molecule has 5 N–H and O–H groups in total. The standard InChI is InChI=1S/C43H52N8O8S2/c1-26(2)46-42-48-35(25-60-42)34-22-37(31-16-15-29(58-4)20-33(31)47-34)59-30-21-36(51(24-30)39(53)17-19-44-27(3)52)40(54)49-43-23-28(43)12-8-6-5-7-11-18-45-32-13-9-10-14-38(32)61(56,57)50-41(43)55/h8-10,12-16,20,22,25-26,28,30,36,45H,5-7,11,17-19,21,23-24H2,1-4H3,(H,44,52)(H,46,48)(H,49,54)(H,50,55)/b12-8-/t28-,30+,36-,43+/m0/s1. The second-order valence-electron chi connectivity index (χ2n) is 15.9. The van der Waals surface area contributed by atoms with Crippen LogP contribution < -0.4 is 35.5 Å². The van der Waals surface area contributed by atoms with Crippen molar-refractivity contribution in [1.82, 2.24) is 30.2 Å². The fraction of sp³-hybridized carbons (Fsp3) is 0.442. The van der Waals surface area contributed by atoms with Crippen LogP contribution in [0.5, 0.6) is 11.5 Å². The van der Waals surface area contributed by atoms with E-state index in [9.17, 15) is 27.6 Å². The minimum atomic E-state index is -4.36. The van der Waals surface area contributed by atoms with Gasteiger partial charge in [0.15, 0.2) is 5.13 Å². The van der Waals surface area contributed by atoms with Gasteiger partial charge in [-0.2, -0.15) is 0 Å². The average molecular weight is 873 g/mol. The van der Waals surface area contributed by atoms with Crippen molar-refractivity contribution in [2.75, 3.05) is 37.4 Å². The highest BCUT2D eigenvalue weighted by atomic mass is 32.2. The Bertz CT molecular complexity index is 2440. The molecule has 0 unspecified atom stereocenters. The molecular formula is C43H52N8O8S2. The number of pyridine rings is 1. The highest BCUT2D eigenvalue weighted by Gasteiger charge is 2.61. The third-order valence-electron chi connectivity index (χ3n) is 11.0. The number of ether oxygens (including phenoxy) is 2. The first-order chi connectivity index (χ1) is 29.3. The molecule has 1 aliphatic carbocycles. The van der Waals surface area contributed by atoms with Crippen LogP contribution in [-0.2, 0) is 29.2 Å². The van der Waals surface area contributed by atoms with Gasteiger partial charge in [-0.3, -0.25) is 19.2 Å². The predicted molar refractivity (Wildman–Crippen MR) is 233 cm³/mol. The summed E-state index contributed by atoms with van der Waals surface area (Å²) in [6.45, 7) is 6.04. The first-order valence-electron chi connectivity index (χ1n) is 20.6. The highest BCUT2D eigenvalue weighted by Crippen LogP contribution is 2.46. The third-order valence-corrected chi connectivity index (χ3v) is 13.1. The topological polar surface area (TPSA) is 210 Å². The van der Waals surface area contributed by atoms with Gasteiger partial charge >= 0.3 is 0 Å². The maximum Gasteiger partial charge on any atom is 0.266 e. The molecule has 2 aromatic heterocycles. The number of hydrogen-bond donors (Lipinski definition) is 5. The molecule has 4 heterocycles. The highest BCUT2D eigenvalue weighted by molar-refractivity contribution is 7.90. The monoisotopic (exact) mass is 872 g/mol. The molecule has 0 spiro atoms. The van der Waals surface area contributed by atoms with Crippen molar-refractivity contribution >= 4 is 66.7 Å². The van der Waals surface area contributed by atoms with Crippen LogP contribution in [0.15, 0.2) is 71.0 Å². The van der Waals surface area contributed by atoms with E-state index >= 15 is 0 Å². The number of carbonyl (C=O) groups is 4. The number of anilines is 2. The molecule has 0 bridgehead atoms. The van der Waals surface area contributed by atoms with E-state index in [-0.39, 0.29) is 49.2 Å². The number of para-hydroxylation sites is 1. The van der Waals surface area contributed by atoms with E-state index in [1.807, 2.05) is 37.4 Å². The second-order valence-corrected chi connectivity index (χ2v) is 18.4. The van der Waals surface area contributed by atoms with Crippen LogP contribution >= 0.6 is 11.3 Å². The molecule has 2 fully saturated rings. The zero-order valence-corrected chi connectivity index (χ0v) is 36.3. The number of thiazole rings is 1. The van der Waals surface area contributed by atoms with Crippen LogP contribution in [0.3, 0.4) is 0 Å². The molecule has 3 aliphatic rings. The molecule has 18 heteroatoms.